The van der Waals surface area contributed by atoms with Crippen molar-refractivity contribution in [3.8, 4) is 0 Å². The lowest BCUT2D eigenvalue weighted by molar-refractivity contribution is -0.116. The van der Waals surface area contributed by atoms with E-state index in [1.807, 2.05) is 0 Å². The van der Waals surface area contributed by atoms with Crippen molar-refractivity contribution >= 4 is 33.0 Å². The quantitative estimate of drug-likeness (QED) is 0.722. The Bertz CT molecular complexity index is 1120. The van der Waals surface area contributed by atoms with E-state index in [4.69, 9.17) is 4.74 Å². The molecule has 0 aromatic heterocycles. The average Bonchev–Trinajstić information content (AvgIpc) is 2.75. The molecule has 0 bridgehead atoms. The highest BCUT2D eigenvalue weighted by molar-refractivity contribution is 7.90. The highest BCUT2D eigenvalue weighted by atomic mass is 32.2. The standard InChI is InChI=1S/C21H22FN3O5S/c22-16-4-2-1-3-15(16)12-31(28,29)13-19-20(26)24-17-6-5-14(11-18(17)23-19)21(27)25-7-9-30-10-8-25/h1-6,11,19,23H,7-10,12-13H2,(H,24,26). The summed E-state index contributed by atoms with van der Waals surface area (Å²) in [6.45, 7) is 1.95. The maximum atomic E-state index is 13.8. The van der Waals surface area contributed by atoms with E-state index in [1.165, 1.54) is 18.2 Å². The van der Waals surface area contributed by atoms with Gasteiger partial charge in [0, 0.05) is 24.2 Å². The molecule has 0 spiro atoms. The maximum absolute atomic E-state index is 13.8. The fourth-order valence-electron chi connectivity index (χ4n) is 3.61. The van der Waals surface area contributed by atoms with E-state index in [-0.39, 0.29) is 11.5 Å². The average molecular weight is 447 g/mol. The Labute approximate surface area is 179 Å². The molecular formula is C21H22FN3O5S. The SMILES string of the molecule is O=C1Nc2ccc(C(=O)N3CCOCC3)cc2NC1CS(=O)(=O)Cc1ccccc1F. The van der Waals surface area contributed by atoms with Crippen molar-refractivity contribution < 1.29 is 27.1 Å². The van der Waals surface area contributed by atoms with Gasteiger partial charge in [-0.05, 0) is 24.3 Å². The number of halogens is 1. The number of ether oxygens (including phenoxy) is 1. The molecule has 2 aliphatic heterocycles. The van der Waals surface area contributed by atoms with Gasteiger partial charge in [0.05, 0.1) is 36.1 Å². The number of hydrogen-bond acceptors (Lipinski definition) is 6. The molecule has 1 fully saturated rings. The summed E-state index contributed by atoms with van der Waals surface area (Å²) in [6, 6.07) is 9.41. The molecule has 2 aromatic carbocycles. The molecule has 0 aliphatic carbocycles. The Morgan fingerprint density at radius 2 is 1.87 bits per heavy atom. The van der Waals surface area contributed by atoms with Gasteiger partial charge in [0.15, 0.2) is 9.84 Å². The van der Waals surface area contributed by atoms with Crippen molar-refractivity contribution in [2.75, 3.05) is 42.7 Å². The van der Waals surface area contributed by atoms with Crippen molar-refractivity contribution in [2.24, 2.45) is 0 Å². The minimum absolute atomic E-state index is 0.0533. The molecule has 0 saturated carbocycles. The molecule has 2 aromatic rings. The number of benzene rings is 2. The third-order valence-corrected chi connectivity index (χ3v) is 6.81. The van der Waals surface area contributed by atoms with Crippen LogP contribution in [0.2, 0.25) is 0 Å². The van der Waals surface area contributed by atoms with Gasteiger partial charge in [0.25, 0.3) is 5.91 Å². The number of carbonyl (C=O) groups excluding carboxylic acids is 2. The Morgan fingerprint density at radius 3 is 2.61 bits per heavy atom. The highest BCUT2D eigenvalue weighted by Gasteiger charge is 2.31. The Kier molecular flexibility index (Phi) is 5.92. The van der Waals surface area contributed by atoms with E-state index < -0.39 is 39.1 Å². The topological polar surface area (TPSA) is 105 Å². The van der Waals surface area contributed by atoms with Gasteiger partial charge in [0.1, 0.15) is 11.9 Å². The normalized spacial score (nSPS) is 18.7. The number of rotatable bonds is 5. The Morgan fingerprint density at radius 1 is 1.13 bits per heavy atom. The molecule has 31 heavy (non-hydrogen) atoms. The van der Waals surface area contributed by atoms with Gasteiger partial charge in [-0.1, -0.05) is 18.2 Å². The first-order valence-electron chi connectivity index (χ1n) is 9.85. The number of nitrogens with zero attached hydrogens (tertiary/aromatic N) is 1. The van der Waals surface area contributed by atoms with Crippen LogP contribution in [0.1, 0.15) is 15.9 Å². The van der Waals surface area contributed by atoms with Crippen LogP contribution in [0.4, 0.5) is 15.8 Å². The Hall–Kier alpha value is -2.98. The third kappa shape index (κ3) is 4.86. The van der Waals surface area contributed by atoms with Gasteiger partial charge in [0.2, 0.25) is 5.91 Å². The molecule has 1 unspecified atom stereocenters. The summed E-state index contributed by atoms with van der Waals surface area (Å²) >= 11 is 0. The number of fused-ring (bicyclic) bond motifs is 1. The van der Waals surface area contributed by atoms with E-state index in [9.17, 15) is 22.4 Å². The van der Waals surface area contributed by atoms with Gasteiger partial charge in [-0.2, -0.15) is 0 Å². The first kappa shape index (κ1) is 21.3. The lowest BCUT2D eigenvalue weighted by Gasteiger charge is -2.29. The lowest BCUT2D eigenvalue weighted by Crippen LogP contribution is -2.44. The molecule has 164 valence electrons. The largest absolute Gasteiger partial charge is 0.378 e. The molecule has 8 nitrogen and oxygen atoms in total. The van der Waals surface area contributed by atoms with Gasteiger partial charge in [-0.15, -0.1) is 0 Å². The fraction of sp³-hybridized carbons (Fsp3) is 0.333. The van der Waals surface area contributed by atoms with Crippen molar-refractivity contribution in [3.05, 3.63) is 59.4 Å². The van der Waals surface area contributed by atoms with Crippen molar-refractivity contribution in [1.82, 2.24) is 4.90 Å². The number of nitrogens with one attached hydrogen (secondary N) is 2. The van der Waals surface area contributed by atoms with Gasteiger partial charge in [-0.3, -0.25) is 9.59 Å². The first-order chi connectivity index (χ1) is 14.8. The van der Waals surface area contributed by atoms with Crippen LogP contribution in [-0.2, 0) is 25.1 Å². The second kappa shape index (κ2) is 8.64. The molecule has 10 heteroatoms. The summed E-state index contributed by atoms with van der Waals surface area (Å²) in [4.78, 5) is 26.8. The van der Waals surface area contributed by atoms with Crippen molar-refractivity contribution in [2.45, 2.75) is 11.8 Å². The van der Waals surface area contributed by atoms with Crippen LogP contribution in [0.5, 0.6) is 0 Å². The van der Waals surface area contributed by atoms with Crippen LogP contribution in [0, 0.1) is 5.82 Å². The zero-order valence-electron chi connectivity index (χ0n) is 16.6. The van der Waals surface area contributed by atoms with E-state index >= 15 is 0 Å². The molecule has 0 radical (unpaired) electrons. The highest BCUT2D eigenvalue weighted by Crippen LogP contribution is 2.29. The summed E-state index contributed by atoms with van der Waals surface area (Å²) in [6.07, 6.45) is 0. The van der Waals surface area contributed by atoms with Crippen LogP contribution in [-0.4, -0.2) is 63.2 Å². The van der Waals surface area contributed by atoms with Crippen LogP contribution < -0.4 is 10.6 Å². The maximum Gasteiger partial charge on any atom is 0.254 e. The van der Waals surface area contributed by atoms with Crippen molar-refractivity contribution in [1.29, 1.82) is 0 Å². The summed E-state index contributed by atoms with van der Waals surface area (Å²) in [5, 5.41) is 5.59. The van der Waals surface area contributed by atoms with Gasteiger partial charge >= 0.3 is 0 Å². The monoisotopic (exact) mass is 447 g/mol. The second-order valence-electron chi connectivity index (χ2n) is 7.50. The predicted octanol–water partition coefficient (Wildman–Crippen LogP) is 1.65. The molecule has 2 amide bonds. The molecule has 2 N–H and O–H groups in total. The molecule has 4 rings (SSSR count). The zero-order valence-corrected chi connectivity index (χ0v) is 17.5. The molecule has 1 saturated heterocycles. The van der Waals surface area contributed by atoms with E-state index in [0.717, 1.165) is 0 Å². The molecule has 2 aliphatic rings. The van der Waals surface area contributed by atoms with Crippen LogP contribution in [0.25, 0.3) is 0 Å². The fourth-order valence-corrected chi connectivity index (χ4v) is 5.18. The number of hydrogen-bond donors (Lipinski definition) is 2. The number of anilines is 2. The smallest absolute Gasteiger partial charge is 0.254 e. The van der Waals surface area contributed by atoms with E-state index in [2.05, 4.69) is 10.6 Å². The molecular weight excluding hydrogens is 425 g/mol. The second-order valence-corrected chi connectivity index (χ2v) is 9.61. The van der Waals surface area contributed by atoms with Crippen LogP contribution in [0.3, 0.4) is 0 Å². The van der Waals surface area contributed by atoms with Crippen molar-refractivity contribution in [3.63, 3.8) is 0 Å². The number of amides is 2. The van der Waals surface area contributed by atoms with Gasteiger partial charge in [-0.25, -0.2) is 12.8 Å². The van der Waals surface area contributed by atoms with E-state index in [1.54, 1.807) is 29.2 Å². The Balaban J connectivity index is 1.49. The first-order valence-corrected chi connectivity index (χ1v) is 11.7. The third-order valence-electron chi connectivity index (χ3n) is 5.22. The van der Waals surface area contributed by atoms with E-state index in [0.29, 0.717) is 43.2 Å². The summed E-state index contributed by atoms with van der Waals surface area (Å²) in [5.74, 6) is -2.28. The minimum Gasteiger partial charge on any atom is -0.378 e. The predicted molar refractivity (Wildman–Crippen MR) is 113 cm³/mol. The van der Waals surface area contributed by atoms with Crippen LogP contribution >= 0.6 is 0 Å². The van der Waals surface area contributed by atoms with Crippen LogP contribution in [0.15, 0.2) is 42.5 Å². The number of carbonyl (C=O) groups is 2. The number of morpholine rings is 1. The molecule has 2 heterocycles. The lowest BCUT2D eigenvalue weighted by atomic mass is 10.1. The van der Waals surface area contributed by atoms with Gasteiger partial charge < -0.3 is 20.3 Å². The minimum atomic E-state index is -3.79. The summed E-state index contributed by atoms with van der Waals surface area (Å²) in [7, 11) is -3.79. The molecule has 1 atom stereocenters. The zero-order chi connectivity index (χ0) is 22.0. The number of sulfone groups is 1. The summed E-state index contributed by atoms with van der Waals surface area (Å²) < 4.78 is 44.3. The summed E-state index contributed by atoms with van der Waals surface area (Å²) in [5.41, 5.74) is 1.41.